The molecule has 1 amide bonds. The van der Waals surface area contributed by atoms with Crippen molar-refractivity contribution in [3.63, 3.8) is 0 Å². The minimum atomic E-state index is -0.0333. The highest BCUT2D eigenvalue weighted by Crippen LogP contribution is 2.31. The molecule has 0 radical (unpaired) electrons. The second-order valence-electron chi connectivity index (χ2n) is 10.5. The number of pyridine rings is 1. The molecule has 2 aromatic carbocycles. The van der Waals surface area contributed by atoms with Crippen LogP contribution >= 0.6 is 0 Å². The van der Waals surface area contributed by atoms with E-state index in [9.17, 15) is 4.79 Å². The molecule has 1 aliphatic heterocycles. The number of piperidine rings is 1. The summed E-state index contributed by atoms with van der Waals surface area (Å²) >= 11 is 0. The maximum absolute atomic E-state index is 12.9. The molecule has 6 heteroatoms. The molecule has 184 valence electrons. The monoisotopic (exact) mass is 473 g/mol. The van der Waals surface area contributed by atoms with Crippen molar-refractivity contribution in [2.75, 3.05) is 7.11 Å². The van der Waals surface area contributed by atoms with Gasteiger partial charge in [-0.3, -0.25) is 4.79 Å². The second-order valence-corrected chi connectivity index (χ2v) is 10.5. The lowest BCUT2D eigenvalue weighted by Crippen LogP contribution is -2.62. The summed E-state index contributed by atoms with van der Waals surface area (Å²) in [5.41, 5.74) is 3.52. The Labute approximate surface area is 208 Å². The molecule has 35 heavy (non-hydrogen) atoms. The van der Waals surface area contributed by atoms with Crippen molar-refractivity contribution in [3.05, 3.63) is 78.0 Å². The summed E-state index contributed by atoms with van der Waals surface area (Å²) in [5.74, 6) is 1.30. The van der Waals surface area contributed by atoms with E-state index in [1.807, 2.05) is 60.7 Å². The van der Waals surface area contributed by atoms with E-state index in [0.717, 1.165) is 35.3 Å². The predicted octanol–water partition coefficient (Wildman–Crippen LogP) is 5.38. The number of carbonyl (C=O) groups excluding carboxylic acids is 1. The Balaban J connectivity index is 1.36. The van der Waals surface area contributed by atoms with E-state index in [1.165, 1.54) is 0 Å². The molecule has 1 fully saturated rings. The third-order valence-corrected chi connectivity index (χ3v) is 6.26. The molecule has 1 saturated heterocycles. The first-order valence-electron chi connectivity index (χ1n) is 12.1. The van der Waals surface area contributed by atoms with Gasteiger partial charge in [0.2, 0.25) is 5.88 Å². The molecule has 1 aromatic heterocycles. The molecular weight excluding hydrogens is 438 g/mol. The standard InChI is InChI=1S/C29H35N3O3/c1-28(2)17-23(18-29(3,4)32-28)31-26(33)21-13-11-20(12-14-21)19-35-24-9-6-8-22(16-24)25-10-7-15-30-27(25)34-5/h6-16,23,32H,17-19H2,1-5H3,(H,31,33). The number of ether oxygens (including phenoxy) is 2. The first-order chi connectivity index (χ1) is 16.6. The number of benzene rings is 2. The van der Waals surface area contributed by atoms with Gasteiger partial charge in [-0.25, -0.2) is 4.98 Å². The number of rotatable bonds is 7. The SMILES string of the molecule is COc1ncccc1-c1cccc(OCc2ccc(C(=O)NC3CC(C)(C)NC(C)(C)C3)cc2)c1. The third kappa shape index (κ3) is 6.40. The average Bonchev–Trinajstić information content (AvgIpc) is 2.81. The van der Waals surface area contributed by atoms with Gasteiger partial charge in [-0.2, -0.15) is 0 Å². The lowest BCUT2D eigenvalue weighted by Gasteiger charge is -2.46. The van der Waals surface area contributed by atoms with Gasteiger partial charge >= 0.3 is 0 Å². The van der Waals surface area contributed by atoms with E-state index >= 15 is 0 Å². The molecular formula is C29H35N3O3. The minimum Gasteiger partial charge on any atom is -0.489 e. The fourth-order valence-electron chi connectivity index (χ4n) is 5.14. The number of carbonyl (C=O) groups is 1. The number of amides is 1. The van der Waals surface area contributed by atoms with Crippen molar-refractivity contribution in [2.24, 2.45) is 0 Å². The van der Waals surface area contributed by atoms with Crippen LogP contribution < -0.4 is 20.1 Å². The molecule has 0 unspecified atom stereocenters. The van der Waals surface area contributed by atoms with E-state index in [0.29, 0.717) is 18.1 Å². The van der Waals surface area contributed by atoms with Crippen LogP contribution in [0.15, 0.2) is 66.9 Å². The van der Waals surface area contributed by atoms with Gasteiger partial charge in [0.1, 0.15) is 12.4 Å². The molecule has 0 bridgehead atoms. The first-order valence-corrected chi connectivity index (χ1v) is 12.1. The van der Waals surface area contributed by atoms with Crippen molar-refractivity contribution < 1.29 is 14.3 Å². The Morgan fingerprint density at radius 2 is 1.74 bits per heavy atom. The molecule has 0 atom stereocenters. The summed E-state index contributed by atoms with van der Waals surface area (Å²) in [4.78, 5) is 17.1. The van der Waals surface area contributed by atoms with Crippen molar-refractivity contribution >= 4 is 5.91 Å². The zero-order chi connectivity index (χ0) is 25.1. The Hall–Kier alpha value is -3.38. The molecule has 0 aliphatic carbocycles. The molecule has 6 nitrogen and oxygen atoms in total. The van der Waals surface area contributed by atoms with Gasteiger partial charge < -0.3 is 20.1 Å². The molecule has 2 N–H and O–H groups in total. The van der Waals surface area contributed by atoms with Crippen LogP contribution in [0.5, 0.6) is 11.6 Å². The topological polar surface area (TPSA) is 72.5 Å². The summed E-state index contributed by atoms with van der Waals surface area (Å²) in [5, 5.41) is 6.88. The van der Waals surface area contributed by atoms with Crippen LogP contribution in [0.2, 0.25) is 0 Å². The van der Waals surface area contributed by atoms with Crippen LogP contribution in [0.1, 0.15) is 56.5 Å². The van der Waals surface area contributed by atoms with Crippen LogP contribution in [0, 0.1) is 0 Å². The Morgan fingerprint density at radius 1 is 1.03 bits per heavy atom. The number of hydrogen-bond acceptors (Lipinski definition) is 5. The number of hydrogen-bond donors (Lipinski definition) is 2. The summed E-state index contributed by atoms with van der Waals surface area (Å²) < 4.78 is 11.4. The zero-order valence-corrected chi connectivity index (χ0v) is 21.2. The van der Waals surface area contributed by atoms with E-state index in [1.54, 1.807) is 13.3 Å². The van der Waals surface area contributed by atoms with E-state index in [4.69, 9.17) is 9.47 Å². The van der Waals surface area contributed by atoms with Crippen LogP contribution in [0.4, 0.5) is 0 Å². The predicted molar refractivity (Wildman–Crippen MR) is 139 cm³/mol. The molecule has 2 heterocycles. The highest BCUT2D eigenvalue weighted by molar-refractivity contribution is 5.94. The van der Waals surface area contributed by atoms with Gasteiger partial charge in [0.15, 0.2) is 0 Å². The van der Waals surface area contributed by atoms with Crippen molar-refractivity contribution in [1.29, 1.82) is 0 Å². The fraction of sp³-hybridized carbons (Fsp3) is 0.379. The lowest BCUT2D eigenvalue weighted by molar-refractivity contribution is 0.0873. The quantitative estimate of drug-likeness (QED) is 0.482. The van der Waals surface area contributed by atoms with Crippen molar-refractivity contribution in [1.82, 2.24) is 15.6 Å². The number of aromatic nitrogens is 1. The first kappa shape index (κ1) is 24.7. The Bertz CT molecular complexity index is 1160. The number of methoxy groups -OCH3 is 1. The van der Waals surface area contributed by atoms with Crippen LogP contribution in [0.25, 0.3) is 11.1 Å². The minimum absolute atomic E-state index is 0.0135. The van der Waals surface area contributed by atoms with Gasteiger partial charge in [-0.1, -0.05) is 24.3 Å². The van der Waals surface area contributed by atoms with Crippen LogP contribution in [-0.2, 0) is 6.61 Å². The van der Waals surface area contributed by atoms with Gasteiger partial charge in [-0.05, 0) is 88.1 Å². The van der Waals surface area contributed by atoms with Gasteiger partial charge in [-0.15, -0.1) is 0 Å². The molecule has 0 saturated carbocycles. The summed E-state index contributed by atoms with van der Waals surface area (Å²) in [6, 6.07) is 19.5. The van der Waals surface area contributed by atoms with E-state index in [-0.39, 0.29) is 23.0 Å². The van der Waals surface area contributed by atoms with Gasteiger partial charge in [0, 0.05) is 34.4 Å². The smallest absolute Gasteiger partial charge is 0.251 e. The summed E-state index contributed by atoms with van der Waals surface area (Å²) in [6.07, 6.45) is 3.51. The van der Waals surface area contributed by atoms with Gasteiger partial charge in [0.25, 0.3) is 5.91 Å². The third-order valence-electron chi connectivity index (χ3n) is 6.26. The molecule has 3 aromatic rings. The molecule has 0 spiro atoms. The second kappa shape index (κ2) is 10.1. The molecule has 4 rings (SSSR count). The highest BCUT2D eigenvalue weighted by atomic mass is 16.5. The number of nitrogens with zero attached hydrogens (tertiary/aromatic N) is 1. The number of nitrogens with one attached hydrogen (secondary N) is 2. The fourth-order valence-corrected chi connectivity index (χ4v) is 5.14. The average molecular weight is 474 g/mol. The molecule has 1 aliphatic rings. The Morgan fingerprint density at radius 3 is 2.43 bits per heavy atom. The van der Waals surface area contributed by atoms with Crippen LogP contribution in [0.3, 0.4) is 0 Å². The zero-order valence-electron chi connectivity index (χ0n) is 21.2. The largest absolute Gasteiger partial charge is 0.489 e. The van der Waals surface area contributed by atoms with Gasteiger partial charge in [0.05, 0.1) is 7.11 Å². The maximum atomic E-state index is 12.9. The van der Waals surface area contributed by atoms with E-state index < -0.39 is 0 Å². The van der Waals surface area contributed by atoms with E-state index in [2.05, 4.69) is 43.3 Å². The Kier molecular flexibility index (Phi) is 7.13. The normalized spacial score (nSPS) is 16.9. The lowest BCUT2D eigenvalue weighted by atomic mass is 9.79. The summed E-state index contributed by atoms with van der Waals surface area (Å²) in [7, 11) is 1.62. The maximum Gasteiger partial charge on any atom is 0.251 e. The van der Waals surface area contributed by atoms with Crippen LogP contribution in [-0.4, -0.2) is 35.1 Å². The highest BCUT2D eigenvalue weighted by Gasteiger charge is 2.38. The van der Waals surface area contributed by atoms with Crippen molar-refractivity contribution in [3.8, 4) is 22.8 Å². The summed E-state index contributed by atoms with van der Waals surface area (Å²) in [6.45, 7) is 9.15. The van der Waals surface area contributed by atoms with Crippen molar-refractivity contribution in [2.45, 2.75) is 64.3 Å².